The fourth-order valence-electron chi connectivity index (χ4n) is 1.40. The fourth-order valence-corrected chi connectivity index (χ4v) is 1.59. The molecule has 2 aromatic rings. The Kier molecular flexibility index (Phi) is 2.25. The first-order valence-electron chi connectivity index (χ1n) is 4.17. The second kappa shape index (κ2) is 3.42. The fraction of sp³-hybridized carbons (Fsp3) is 0.200. The number of hydrogen-bond acceptors (Lipinski definition) is 3. The van der Waals surface area contributed by atoms with Gasteiger partial charge >= 0.3 is 0 Å². The molecule has 0 spiro atoms. The molecule has 0 unspecified atom stereocenters. The van der Waals surface area contributed by atoms with Crippen LogP contribution >= 0.6 is 11.6 Å². The number of aryl methyl sites for hydroxylation is 1. The summed E-state index contributed by atoms with van der Waals surface area (Å²) in [5.41, 5.74) is 1.82. The predicted molar refractivity (Wildman–Crippen MR) is 55.8 cm³/mol. The van der Waals surface area contributed by atoms with Gasteiger partial charge in [0.2, 0.25) is 0 Å². The molecule has 1 aromatic heterocycles. The van der Waals surface area contributed by atoms with Gasteiger partial charge in [-0.25, -0.2) is 9.97 Å². The van der Waals surface area contributed by atoms with Crippen LogP contribution in [0.25, 0.3) is 10.9 Å². The maximum absolute atomic E-state index is 5.95. The number of aromatic nitrogens is 2. The first-order valence-corrected chi connectivity index (χ1v) is 4.55. The lowest BCUT2D eigenvalue weighted by Gasteiger charge is -2.06. The third-order valence-corrected chi connectivity index (χ3v) is 2.32. The van der Waals surface area contributed by atoms with Gasteiger partial charge in [0.25, 0.3) is 0 Å². The van der Waals surface area contributed by atoms with E-state index < -0.39 is 0 Å². The quantitative estimate of drug-likeness (QED) is 0.676. The molecule has 0 N–H and O–H groups in total. The Morgan fingerprint density at radius 2 is 2.07 bits per heavy atom. The van der Waals surface area contributed by atoms with Gasteiger partial charge in [-0.1, -0.05) is 11.6 Å². The van der Waals surface area contributed by atoms with E-state index in [0.29, 0.717) is 5.15 Å². The molecule has 1 aromatic carbocycles. The molecule has 2 rings (SSSR count). The predicted octanol–water partition coefficient (Wildman–Crippen LogP) is 2.60. The van der Waals surface area contributed by atoms with Crippen LogP contribution in [0.2, 0.25) is 5.15 Å². The molecule has 0 aliphatic rings. The zero-order chi connectivity index (χ0) is 10.1. The van der Waals surface area contributed by atoms with Crippen LogP contribution in [-0.2, 0) is 0 Å². The number of hydrogen-bond donors (Lipinski definition) is 0. The van der Waals surface area contributed by atoms with E-state index in [1.54, 1.807) is 7.11 Å². The number of nitrogens with zero attached hydrogens (tertiary/aromatic N) is 2. The van der Waals surface area contributed by atoms with Gasteiger partial charge in [0.15, 0.2) is 0 Å². The van der Waals surface area contributed by atoms with Crippen LogP contribution in [0.3, 0.4) is 0 Å². The second-order valence-corrected chi connectivity index (χ2v) is 3.39. The van der Waals surface area contributed by atoms with Crippen molar-refractivity contribution in [1.29, 1.82) is 0 Å². The van der Waals surface area contributed by atoms with Gasteiger partial charge in [0.1, 0.15) is 22.7 Å². The number of rotatable bonds is 1. The molecule has 1 heterocycles. The molecule has 72 valence electrons. The Morgan fingerprint density at radius 1 is 1.29 bits per heavy atom. The van der Waals surface area contributed by atoms with Crippen LogP contribution in [-0.4, -0.2) is 17.1 Å². The zero-order valence-electron chi connectivity index (χ0n) is 7.91. The van der Waals surface area contributed by atoms with E-state index in [4.69, 9.17) is 16.3 Å². The summed E-state index contributed by atoms with van der Waals surface area (Å²) in [6.07, 6.45) is 1.43. The minimum absolute atomic E-state index is 0.456. The van der Waals surface area contributed by atoms with Crippen LogP contribution in [0, 0.1) is 6.92 Å². The van der Waals surface area contributed by atoms with Crippen molar-refractivity contribution in [3.05, 3.63) is 29.2 Å². The molecule has 0 aliphatic heterocycles. The monoisotopic (exact) mass is 208 g/mol. The summed E-state index contributed by atoms with van der Waals surface area (Å²) in [6.45, 7) is 1.98. The number of ether oxygens (including phenoxy) is 1. The van der Waals surface area contributed by atoms with Crippen molar-refractivity contribution in [2.75, 3.05) is 7.11 Å². The Balaban J connectivity index is 2.87. The van der Waals surface area contributed by atoms with Gasteiger partial charge in [-0.2, -0.15) is 0 Å². The van der Waals surface area contributed by atoms with E-state index >= 15 is 0 Å². The highest BCUT2D eigenvalue weighted by molar-refractivity contribution is 6.34. The highest BCUT2D eigenvalue weighted by Crippen LogP contribution is 2.28. The van der Waals surface area contributed by atoms with Gasteiger partial charge in [0, 0.05) is 5.39 Å². The molecule has 0 aliphatic carbocycles. The second-order valence-electron chi connectivity index (χ2n) is 3.03. The van der Waals surface area contributed by atoms with Crippen molar-refractivity contribution in [2.24, 2.45) is 0 Å². The Hall–Kier alpha value is -1.35. The molecular formula is C10H9ClN2O. The summed E-state index contributed by atoms with van der Waals surface area (Å²) in [5, 5.41) is 1.28. The maximum atomic E-state index is 5.95. The average Bonchev–Trinajstić information content (AvgIpc) is 2.18. The largest absolute Gasteiger partial charge is 0.494 e. The van der Waals surface area contributed by atoms with E-state index in [2.05, 4.69) is 9.97 Å². The number of halogens is 1. The van der Waals surface area contributed by atoms with E-state index in [-0.39, 0.29) is 0 Å². The minimum atomic E-state index is 0.456. The van der Waals surface area contributed by atoms with E-state index in [1.807, 2.05) is 19.1 Å². The third-order valence-electron chi connectivity index (χ3n) is 2.02. The smallest absolute Gasteiger partial charge is 0.145 e. The molecule has 4 heteroatoms. The lowest BCUT2D eigenvalue weighted by Crippen LogP contribution is -1.90. The molecule has 0 atom stereocenters. The number of methoxy groups -OCH3 is 1. The average molecular weight is 209 g/mol. The Morgan fingerprint density at radius 3 is 2.79 bits per heavy atom. The van der Waals surface area contributed by atoms with E-state index in [1.165, 1.54) is 6.33 Å². The molecular weight excluding hydrogens is 200 g/mol. The molecule has 0 saturated carbocycles. The highest BCUT2D eigenvalue weighted by Gasteiger charge is 2.07. The first kappa shape index (κ1) is 9.21. The van der Waals surface area contributed by atoms with Gasteiger partial charge in [-0.15, -0.1) is 0 Å². The standard InChI is InChI=1S/C10H9ClN2O/c1-6-3-7-9(8(4-6)14-2)12-5-13-10(7)11/h3-5H,1-2H3. The van der Waals surface area contributed by atoms with Gasteiger partial charge < -0.3 is 4.74 Å². The van der Waals surface area contributed by atoms with Crippen molar-refractivity contribution in [3.8, 4) is 5.75 Å². The molecule has 3 nitrogen and oxygen atoms in total. The molecule has 0 fully saturated rings. The third kappa shape index (κ3) is 1.40. The molecule has 0 saturated heterocycles. The molecule has 0 radical (unpaired) electrons. The SMILES string of the molecule is COc1cc(C)cc2c(Cl)ncnc12. The maximum Gasteiger partial charge on any atom is 0.145 e. The van der Waals surface area contributed by atoms with E-state index in [9.17, 15) is 0 Å². The van der Waals surface area contributed by atoms with Crippen molar-refractivity contribution < 1.29 is 4.74 Å². The van der Waals surface area contributed by atoms with Crippen LogP contribution in [0.15, 0.2) is 18.5 Å². The van der Waals surface area contributed by atoms with Gasteiger partial charge in [-0.05, 0) is 24.6 Å². The van der Waals surface area contributed by atoms with Crippen molar-refractivity contribution in [2.45, 2.75) is 6.92 Å². The first-order chi connectivity index (χ1) is 6.72. The summed E-state index contributed by atoms with van der Waals surface area (Å²) >= 11 is 5.95. The normalized spacial score (nSPS) is 10.5. The topological polar surface area (TPSA) is 35.0 Å². The Bertz CT molecular complexity index is 485. The van der Waals surface area contributed by atoms with Crippen molar-refractivity contribution >= 4 is 22.5 Å². The van der Waals surface area contributed by atoms with Crippen LogP contribution in [0.1, 0.15) is 5.56 Å². The van der Waals surface area contributed by atoms with Crippen LogP contribution < -0.4 is 4.74 Å². The Labute approximate surface area is 86.7 Å². The number of fused-ring (bicyclic) bond motifs is 1. The highest BCUT2D eigenvalue weighted by atomic mass is 35.5. The summed E-state index contributed by atoms with van der Waals surface area (Å²) in [7, 11) is 1.62. The molecule has 0 bridgehead atoms. The summed E-state index contributed by atoms with van der Waals surface area (Å²) < 4.78 is 5.21. The zero-order valence-corrected chi connectivity index (χ0v) is 8.67. The lowest BCUT2D eigenvalue weighted by atomic mass is 10.1. The number of benzene rings is 1. The van der Waals surface area contributed by atoms with Gasteiger partial charge in [0.05, 0.1) is 7.11 Å². The molecule has 14 heavy (non-hydrogen) atoms. The van der Waals surface area contributed by atoms with Crippen molar-refractivity contribution in [3.63, 3.8) is 0 Å². The summed E-state index contributed by atoms with van der Waals surface area (Å²) in [4.78, 5) is 8.06. The van der Waals surface area contributed by atoms with E-state index in [0.717, 1.165) is 22.2 Å². The van der Waals surface area contributed by atoms with Gasteiger partial charge in [-0.3, -0.25) is 0 Å². The van der Waals surface area contributed by atoms with Crippen LogP contribution in [0.4, 0.5) is 0 Å². The summed E-state index contributed by atoms with van der Waals surface area (Å²) in [6, 6.07) is 3.87. The molecule has 0 amide bonds. The summed E-state index contributed by atoms with van der Waals surface area (Å²) in [5.74, 6) is 0.726. The minimum Gasteiger partial charge on any atom is -0.494 e. The van der Waals surface area contributed by atoms with Crippen molar-refractivity contribution in [1.82, 2.24) is 9.97 Å². The van der Waals surface area contributed by atoms with Crippen LogP contribution in [0.5, 0.6) is 5.75 Å². The lowest BCUT2D eigenvalue weighted by molar-refractivity contribution is 0.418.